The van der Waals surface area contributed by atoms with Gasteiger partial charge in [0.25, 0.3) is 0 Å². The lowest BCUT2D eigenvalue weighted by Gasteiger charge is -2.10. The molecule has 0 aliphatic carbocycles. The first-order valence-corrected chi connectivity index (χ1v) is 8.76. The van der Waals surface area contributed by atoms with Gasteiger partial charge in [-0.15, -0.1) is 0 Å². The third-order valence-electron chi connectivity index (χ3n) is 4.06. The molecule has 5 N–H and O–H groups in total. The number of hydrogen-bond donors (Lipinski definition) is 5. The van der Waals surface area contributed by atoms with Crippen LogP contribution in [-0.2, 0) is 6.54 Å². The molecule has 3 aromatic rings. The summed E-state index contributed by atoms with van der Waals surface area (Å²) in [6.07, 6.45) is 2.72. The highest BCUT2D eigenvalue weighted by Gasteiger charge is 2.03. The summed E-state index contributed by atoms with van der Waals surface area (Å²) < 4.78 is 0. The van der Waals surface area contributed by atoms with E-state index >= 15 is 0 Å². The fourth-order valence-electron chi connectivity index (χ4n) is 2.73. The SMILES string of the molecule is ONc1ccc(CNCCCNc2ccnc3cc(Cl)ccc23)cc1O. The van der Waals surface area contributed by atoms with E-state index in [-0.39, 0.29) is 5.75 Å². The molecule has 136 valence electrons. The molecule has 6 nitrogen and oxygen atoms in total. The predicted molar refractivity (Wildman–Crippen MR) is 105 cm³/mol. The van der Waals surface area contributed by atoms with Gasteiger partial charge in [-0.05, 0) is 54.9 Å². The Morgan fingerprint density at radius 1 is 1.00 bits per heavy atom. The number of aromatic nitrogens is 1. The van der Waals surface area contributed by atoms with Gasteiger partial charge in [0.05, 0.1) is 5.52 Å². The van der Waals surface area contributed by atoms with Gasteiger partial charge in [0.2, 0.25) is 0 Å². The van der Waals surface area contributed by atoms with Crippen LogP contribution in [0.15, 0.2) is 48.7 Å². The summed E-state index contributed by atoms with van der Waals surface area (Å²) in [7, 11) is 0. The van der Waals surface area contributed by atoms with Crippen LogP contribution in [0.3, 0.4) is 0 Å². The van der Waals surface area contributed by atoms with E-state index in [1.165, 1.54) is 0 Å². The number of rotatable bonds is 8. The first kappa shape index (κ1) is 18.3. The number of hydrogen-bond acceptors (Lipinski definition) is 6. The molecule has 1 aromatic heterocycles. The van der Waals surface area contributed by atoms with Crippen molar-refractivity contribution in [3.8, 4) is 5.75 Å². The van der Waals surface area contributed by atoms with E-state index in [1.807, 2.05) is 35.8 Å². The molecule has 7 heteroatoms. The van der Waals surface area contributed by atoms with E-state index in [0.717, 1.165) is 41.7 Å². The standard InChI is InChI=1S/C19H21ClN4O2/c20-14-3-4-15-16(6-9-23-18(15)11-14)22-8-1-7-21-12-13-2-5-17(24-26)19(25)10-13/h2-6,9-11,21,24-26H,1,7-8,12H2,(H,22,23). The number of halogens is 1. The quantitative estimate of drug-likeness (QED) is 0.233. The average molecular weight is 373 g/mol. The number of aromatic hydroxyl groups is 1. The summed E-state index contributed by atoms with van der Waals surface area (Å²) in [5.41, 5.74) is 5.11. The molecule has 0 aliphatic heterocycles. The average Bonchev–Trinajstić information content (AvgIpc) is 2.64. The van der Waals surface area contributed by atoms with Crippen LogP contribution in [0.25, 0.3) is 10.9 Å². The fraction of sp³-hybridized carbons (Fsp3) is 0.211. The van der Waals surface area contributed by atoms with Crippen LogP contribution in [0.5, 0.6) is 5.75 Å². The smallest absolute Gasteiger partial charge is 0.141 e. The second-order valence-electron chi connectivity index (χ2n) is 5.94. The van der Waals surface area contributed by atoms with Gasteiger partial charge in [0.1, 0.15) is 11.4 Å². The van der Waals surface area contributed by atoms with Crippen molar-refractivity contribution >= 4 is 33.9 Å². The van der Waals surface area contributed by atoms with Gasteiger partial charge in [-0.3, -0.25) is 15.7 Å². The minimum atomic E-state index is 0.0261. The number of nitrogens with zero attached hydrogens (tertiary/aromatic N) is 1. The lowest BCUT2D eigenvalue weighted by molar-refractivity contribution is 0.381. The second kappa shape index (κ2) is 8.71. The van der Waals surface area contributed by atoms with E-state index in [4.69, 9.17) is 16.8 Å². The molecule has 0 spiro atoms. The molecule has 0 aliphatic rings. The normalized spacial score (nSPS) is 10.8. The van der Waals surface area contributed by atoms with Crippen molar-refractivity contribution in [2.45, 2.75) is 13.0 Å². The van der Waals surface area contributed by atoms with Gasteiger partial charge >= 0.3 is 0 Å². The van der Waals surface area contributed by atoms with Gasteiger partial charge in [0, 0.05) is 35.4 Å². The molecule has 0 unspecified atom stereocenters. The third-order valence-corrected chi connectivity index (χ3v) is 4.30. The number of anilines is 2. The number of benzene rings is 2. The summed E-state index contributed by atoms with van der Waals surface area (Å²) in [5, 5.41) is 27.0. The summed E-state index contributed by atoms with van der Waals surface area (Å²) in [6, 6.07) is 12.8. The van der Waals surface area contributed by atoms with Crippen LogP contribution >= 0.6 is 11.6 Å². The van der Waals surface area contributed by atoms with Crippen molar-refractivity contribution in [3.63, 3.8) is 0 Å². The number of phenolic OH excluding ortho intramolecular Hbond substituents is 1. The Labute approximate surface area is 156 Å². The highest BCUT2D eigenvalue weighted by molar-refractivity contribution is 6.31. The number of pyridine rings is 1. The topological polar surface area (TPSA) is 89.4 Å². The molecule has 0 atom stereocenters. The Balaban J connectivity index is 1.44. The van der Waals surface area contributed by atoms with Crippen LogP contribution in [0, 0.1) is 0 Å². The van der Waals surface area contributed by atoms with Crippen molar-refractivity contribution in [3.05, 3.63) is 59.2 Å². The van der Waals surface area contributed by atoms with Crippen molar-refractivity contribution in [1.29, 1.82) is 0 Å². The van der Waals surface area contributed by atoms with Crippen molar-refractivity contribution < 1.29 is 10.3 Å². The molecular formula is C19H21ClN4O2. The van der Waals surface area contributed by atoms with Crippen molar-refractivity contribution in [2.75, 3.05) is 23.9 Å². The molecular weight excluding hydrogens is 352 g/mol. The Morgan fingerprint density at radius 2 is 1.88 bits per heavy atom. The van der Waals surface area contributed by atoms with Gasteiger partial charge in [0.15, 0.2) is 0 Å². The van der Waals surface area contributed by atoms with Gasteiger partial charge in [-0.25, -0.2) is 0 Å². The lowest BCUT2D eigenvalue weighted by atomic mass is 10.2. The first-order chi connectivity index (χ1) is 12.7. The Morgan fingerprint density at radius 3 is 2.69 bits per heavy atom. The molecule has 3 rings (SSSR count). The molecule has 0 radical (unpaired) electrons. The second-order valence-corrected chi connectivity index (χ2v) is 6.38. The highest BCUT2D eigenvalue weighted by atomic mass is 35.5. The predicted octanol–water partition coefficient (Wildman–Crippen LogP) is 3.99. The lowest BCUT2D eigenvalue weighted by Crippen LogP contribution is -2.17. The molecule has 0 saturated carbocycles. The van der Waals surface area contributed by atoms with Crippen LogP contribution in [-0.4, -0.2) is 28.4 Å². The summed E-state index contributed by atoms with van der Waals surface area (Å²) in [5.74, 6) is 0.0261. The van der Waals surface area contributed by atoms with E-state index in [0.29, 0.717) is 17.3 Å². The van der Waals surface area contributed by atoms with Crippen LogP contribution in [0.4, 0.5) is 11.4 Å². The minimum Gasteiger partial charge on any atom is -0.506 e. The van der Waals surface area contributed by atoms with Gasteiger partial charge < -0.3 is 15.7 Å². The maximum Gasteiger partial charge on any atom is 0.141 e. The zero-order valence-corrected chi connectivity index (χ0v) is 14.9. The van der Waals surface area contributed by atoms with Crippen molar-refractivity contribution in [2.24, 2.45) is 0 Å². The first-order valence-electron chi connectivity index (χ1n) is 8.38. The number of fused-ring (bicyclic) bond motifs is 1. The molecule has 0 amide bonds. The molecule has 0 saturated heterocycles. The maximum absolute atomic E-state index is 9.69. The zero-order valence-electron chi connectivity index (χ0n) is 14.2. The number of nitrogens with one attached hydrogen (secondary N) is 3. The van der Waals surface area contributed by atoms with Gasteiger partial charge in [-0.1, -0.05) is 17.7 Å². The van der Waals surface area contributed by atoms with E-state index in [1.54, 1.807) is 18.3 Å². The molecule has 0 bridgehead atoms. The van der Waals surface area contributed by atoms with Crippen LogP contribution in [0.2, 0.25) is 5.02 Å². The molecule has 1 heterocycles. The number of phenols is 1. The molecule has 2 aromatic carbocycles. The van der Waals surface area contributed by atoms with Crippen LogP contribution in [0.1, 0.15) is 12.0 Å². The highest BCUT2D eigenvalue weighted by Crippen LogP contribution is 2.24. The third kappa shape index (κ3) is 4.54. The maximum atomic E-state index is 9.69. The van der Waals surface area contributed by atoms with E-state index < -0.39 is 0 Å². The van der Waals surface area contributed by atoms with Crippen molar-refractivity contribution in [1.82, 2.24) is 10.3 Å². The Bertz CT molecular complexity index is 889. The molecule has 0 fully saturated rings. The summed E-state index contributed by atoms with van der Waals surface area (Å²) >= 11 is 6.01. The van der Waals surface area contributed by atoms with E-state index in [2.05, 4.69) is 15.6 Å². The minimum absolute atomic E-state index is 0.0261. The monoisotopic (exact) mass is 372 g/mol. The fourth-order valence-corrected chi connectivity index (χ4v) is 2.89. The van der Waals surface area contributed by atoms with Crippen LogP contribution < -0.4 is 16.1 Å². The summed E-state index contributed by atoms with van der Waals surface area (Å²) in [6.45, 7) is 2.31. The van der Waals surface area contributed by atoms with Gasteiger partial charge in [-0.2, -0.15) is 0 Å². The summed E-state index contributed by atoms with van der Waals surface area (Å²) in [4.78, 5) is 4.34. The zero-order chi connectivity index (χ0) is 18.4. The van der Waals surface area contributed by atoms with E-state index in [9.17, 15) is 5.11 Å². The Kier molecular flexibility index (Phi) is 6.12. The molecule has 26 heavy (non-hydrogen) atoms. The largest absolute Gasteiger partial charge is 0.506 e. The Hall–Kier alpha value is -2.54.